The number of hydrogen-bond acceptors (Lipinski definition) is 4. The highest BCUT2D eigenvalue weighted by Gasteiger charge is 2.24. The summed E-state index contributed by atoms with van der Waals surface area (Å²) < 4.78 is 5.36. The number of imidazole rings is 1. The molecule has 0 spiro atoms. The summed E-state index contributed by atoms with van der Waals surface area (Å²) in [4.78, 5) is 22.8. The molecule has 6 heteroatoms. The lowest BCUT2D eigenvalue weighted by Gasteiger charge is -2.30. The van der Waals surface area contributed by atoms with Crippen molar-refractivity contribution in [3.05, 3.63) is 59.9 Å². The molecule has 1 aromatic heterocycles. The summed E-state index contributed by atoms with van der Waals surface area (Å²) in [6, 6.07) is 16.1. The zero-order valence-electron chi connectivity index (χ0n) is 16.9. The maximum absolute atomic E-state index is 12.3. The number of para-hydroxylation sites is 3. The molecule has 6 nitrogen and oxygen atoms in total. The van der Waals surface area contributed by atoms with Crippen molar-refractivity contribution < 1.29 is 9.53 Å². The second-order valence-electron chi connectivity index (χ2n) is 7.60. The number of H-pyrrole nitrogens is 1. The number of rotatable bonds is 7. The number of benzene rings is 2. The summed E-state index contributed by atoms with van der Waals surface area (Å²) in [5.41, 5.74) is 3.24. The maximum Gasteiger partial charge on any atom is 0.234 e. The number of methoxy groups -OCH3 is 1. The second kappa shape index (κ2) is 9.09. The van der Waals surface area contributed by atoms with E-state index < -0.39 is 0 Å². The Hall–Kier alpha value is -2.86. The molecule has 4 rings (SSSR count). The van der Waals surface area contributed by atoms with E-state index in [-0.39, 0.29) is 5.91 Å². The van der Waals surface area contributed by atoms with Crippen molar-refractivity contribution >= 4 is 16.9 Å². The van der Waals surface area contributed by atoms with Gasteiger partial charge in [-0.15, -0.1) is 0 Å². The largest absolute Gasteiger partial charge is 0.496 e. The average molecular weight is 393 g/mol. The van der Waals surface area contributed by atoms with Gasteiger partial charge in [0.25, 0.3) is 0 Å². The lowest BCUT2D eigenvalue weighted by molar-refractivity contribution is -0.122. The molecule has 0 radical (unpaired) electrons. The van der Waals surface area contributed by atoms with Crippen LogP contribution in [0.3, 0.4) is 0 Å². The van der Waals surface area contributed by atoms with Gasteiger partial charge < -0.3 is 15.0 Å². The molecule has 0 unspecified atom stereocenters. The average Bonchev–Trinajstić information content (AvgIpc) is 3.19. The quantitative estimate of drug-likeness (QED) is 0.648. The van der Waals surface area contributed by atoms with Crippen molar-refractivity contribution in [1.29, 1.82) is 0 Å². The van der Waals surface area contributed by atoms with Gasteiger partial charge in [0, 0.05) is 12.5 Å². The number of aromatic nitrogens is 2. The minimum Gasteiger partial charge on any atom is -0.496 e. The van der Waals surface area contributed by atoms with Gasteiger partial charge in [-0.1, -0.05) is 30.3 Å². The zero-order valence-corrected chi connectivity index (χ0v) is 16.9. The van der Waals surface area contributed by atoms with Crippen LogP contribution in [0.1, 0.15) is 30.1 Å². The van der Waals surface area contributed by atoms with E-state index in [2.05, 4.69) is 21.3 Å². The molecule has 2 heterocycles. The van der Waals surface area contributed by atoms with E-state index in [9.17, 15) is 4.79 Å². The van der Waals surface area contributed by atoms with Crippen LogP contribution < -0.4 is 10.1 Å². The molecule has 2 N–H and O–H groups in total. The number of fused-ring (bicyclic) bond motifs is 1. The number of nitrogens with one attached hydrogen (secondary N) is 2. The Labute approximate surface area is 171 Å². The first kappa shape index (κ1) is 19.5. The Bertz CT molecular complexity index is 927. The van der Waals surface area contributed by atoms with Crippen LogP contribution in [0.25, 0.3) is 11.0 Å². The van der Waals surface area contributed by atoms with E-state index in [0.717, 1.165) is 60.5 Å². The van der Waals surface area contributed by atoms with Gasteiger partial charge in [-0.25, -0.2) is 4.98 Å². The SMILES string of the molecule is COc1ccccc1CCNC(=O)CN1CCC(c2nc3ccccc3[nH]2)CC1. The van der Waals surface area contributed by atoms with E-state index in [1.54, 1.807) is 7.11 Å². The lowest BCUT2D eigenvalue weighted by Crippen LogP contribution is -2.41. The van der Waals surface area contributed by atoms with Gasteiger partial charge in [0.05, 0.1) is 24.7 Å². The summed E-state index contributed by atoms with van der Waals surface area (Å²) in [7, 11) is 1.67. The number of nitrogens with zero attached hydrogens (tertiary/aromatic N) is 2. The lowest BCUT2D eigenvalue weighted by atomic mass is 9.96. The number of amides is 1. The van der Waals surface area contributed by atoms with Crippen LogP contribution in [0.4, 0.5) is 0 Å². The zero-order chi connectivity index (χ0) is 20.1. The van der Waals surface area contributed by atoms with Gasteiger partial charge in [-0.05, 0) is 56.1 Å². The molecule has 1 aliphatic heterocycles. The fourth-order valence-corrected chi connectivity index (χ4v) is 4.04. The molecule has 0 atom stereocenters. The molecule has 152 valence electrons. The van der Waals surface area contributed by atoms with Gasteiger partial charge in [-0.3, -0.25) is 9.69 Å². The molecule has 29 heavy (non-hydrogen) atoms. The Morgan fingerprint density at radius 2 is 1.93 bits per heavy atom. The second-order valence-corrected chi connectivity index (χ2v) is 7.60. The highest BCUT2D eigenvalue weighted by molar-refractivity contribution is 5.78. The van der Waals surface area contributed by atoms with Crippen molar-refractivity contribution in [2.24, 2.45) is 0 Å². The number of piperidine rings is 1. The van der Waals surface area contributed by atoms with E-state index in [1.807, 2.05) is 42.5 Å². The van der Waals surface area contributed by atoms with Crippen molar-refractivity contribution in [2.45, 2.75) is 25.2 Å². The number of carbonyl (C=O) groups is 1. The minimum absolute atomic E-state index is 0.0853. The van der Waals surface area contributed by atoms with Crippen LogP contribution in [0, 0.1) is 0 Å². The molecule has 0 aliphatic carbocycles. The number of ether oxygens (including phenoxy) is 1. The topological polar surface area (TPSA) is 70.2 Å². The predicted octanol–water partition coefficient (Wildman–Crippen LogP) is 3.11. The molecule has 0 saturated carbocycles. The van der Waals surface area contributed by atoms with Crippen molar-refractivity contribution in [3.8, 4) is 5.75 Å². The number of likely N-dealkylation sites (tertiary alicyclic amines) is 1. The van der Waals surface area contributed by atoms with Gasteiger partial charge >= 0.3 is 0 Å². The molecule has 1 amide bonds. The molecule has 1 aliphatic rings. The van der Waals surface area contributed by atoms with Gasteiger partial charge in [0.1, 0.15) is 11.6 Å². The fraction of sp³-hybridized carbons (Fsp3) is 0.391. The first-order chi connectivity index (χ1) is 14.2. The van der Waals surface area contributed by atoms with Gasteiger partial charge in [-0.2, -0.15) is 0 Å². The Kier molecular flexibility index (Phi) is 6.10. The number of carbonyl (C=O) groups excluding carboxylic acids is 1. The monoisotopic (exact) mass is 392 g/mol. The molecule has 3 aromatic rings. The summed E-state index contributed by atoms with van der Waals surface area (Å²) in [5.74, 6) is 2.47. The highest BCUT2D eigenvalue weighted by Crippen LogP contribution is 2.27. The van der Waals surface area contributed by atoms with Gasteiger partial charge in [0.15, 0.2) is 0 Å². The molecular weight excluding hydrogens is 364 g/mol. The molecule has 2 aromatic carbocycles. The third kappa shape index (κ3) is 4.77. The Balaban J connectivity index is 1.21. The molecule has 0 bridgehead atoms. The van der Waals surface area contributed by atoms with Crippen molar-refractivity contribution in [3.63, 3.8) is 0 Å². The first-order valence-electron chi connectivity index (χ1n) is 10.3. The third-order valence-electron chi connectivity index (χ3n) is 5.66. The normalized spacial score (nSPS) is 15.5. The Morgan fingerprint density at radius 3 is 2.72 bits per heavy atom. The van der Waals surface area contributed by atoms with Crippen LogP contribution in [0.5, 0.6) is 5.75 Å². The smallest absolute Gasteiger partial charge is 0.234 e. The van der Waals surface area contributed by atoms with Crippen LogP contribution in [-0.2, 0) is 11.2 Å². The van der Waals surface area contributed by atoms with Crippen LogP contribution >= 0.6 is 0 Å². The van der Waals surface area contributed by atoms with E-state index in [0.29, 0.717) is 19.0 Å². The van der Waals surface area contributed by atoms with E-state index in [1.165, 1.54) is 0 Å². The Morgan fingerprint density at radius 1 is 1.17 bits per heavy atom. The van der Waals surface area contributed by atoms with Gasteiger partial charge in [0.2, 0.25) is 5.91 Å². The number of hydrogen-bond donors (Lipinski definition) is 2. The molecular formula is C23H28N4O2. The third-order valence-corrected chi connectivity index (χ3v) is 5.66. The fourth-order valence-electron chi connectivity index (χ4n) is 4.04. The summed E-state index contributed by atoms with van der Waals surface area (Å²) >= 11 is 0. The van der Waals surface area contributed by atoms with Crippen molar-refractivity contribution in [2.75, 3.05) is 33.3 Å². The summed E-state index contributed by atoms with van der Waals surface area (Å²) in [5, 5.41) is 3.04. The van der Waals surface area contributed by atoms with E-state index >= 15 is 0 Å². The van der Waals surface area contributed by atoms with E-state index in [4.69, 9.17) is 9.72 Å². The van der Waals surface area contributed by atoms with Crippen molar-refractivity contribution in [1.82, 2.24) is 20.2 Å². The number of aromatic amines is 1. The summed E-state index contributed by atoms with van der Waals surface area (Å²) in [6.07, 6.45) is 2.81. The van der Waals surface area contributed by atoms with Crippen LogP contribution in [-0.4, -0.2) is 54.1 Å². The first-order valence-corrected chi connectivity index (χ1v) is 10.3. The van der Waals surface area contributed by atoms with Crippen LogP contribution in [0.15, 0.2) is 48.5 Å². The standard InChI is InChI=1S/C23H28N4O2/c1-29-21-9-5-2-6-17(21)10-13-24-22(28)16-27-14-11-18(12-15-27)23-25-19-7-3-4-8-20(19)26-23/h2-9,18H,10-16H2,1H3,(H,24,28)(H,25,26). The predicted molar refractivity (Wildman–Crippen MR) is 114 cm³/mol. The highest BCUT2D eigenvalue weighted by atomic mass is 16.5. The van der Waals surface area contributed by atoms with Crippen LogP contribution in [0.2, 0.25) is 0 Å². The summed E-state index contributed by atoms with van der Waals surface area (Å²) in [6.45, 7) is 2.91. The molecule has 1 fully saturated rings. The molecule has 1 saturated heterocycles. The minimum atomic E-state index is 0.0853. The maximum atomic E-state index is 12.3.